The fourth-order valence-corrected chi connectivity index (χ4v) is 4.67. The van der Waals surface area contributed by atoms with E-state index in [0.29, 0.717) is 22.3 Å². The first-order valence-electron chi connectivity index (χ1n) is 10.1. The van der Waals surface area contributed by atoms with E-state index in [1.807, 2.05) is 13.0 Å². The minimum atomic E-state index is 0.0237. The maximum Gasteiger partial charge on any atom is 0.217 e. The van der Waals surface area contributed by atoms with Gasteiger partial charge < -0.3 is 15.6 Å². The van der Waals surface area contributed by atoms with Crippen molar-refractivity contribution in [3.05, 3.63) is 46.9 Å². The summed E-state index contributed by atoms with van der Waals surface area (Å²) in [5.74, 6) is 0.0237. The molecule has 30 heavy (non-hydrogen) atoms. The molecule has 6 nitrogen and oxygen atoms in total. The van der Waals surface area contributed by atoms with Crippen molar-refractivity contribution in [2.75, 3.05) is 5.73 Å². The van der Waals surface area contributed by atoms with Crippen LogP contribution in [-0.2, 0) is 4.79 Å². The number of nitriles is 1. The molecule has 2 heterocycles. The van der Waals surface area contributed by atoms with E-state index in [1.165, 1.54) is 0 Å². The van der Waals surface area contributed by atoms with Gasteiger partial charge in [-0.1, -0.05) is 11.6 Å². The summed E-state index contributed by atoms with van der Waals surface area (Å²) in [7, 11) is 0. The Morgan fingerprint density at radius 3 is 2.67 bits per heavy atom. The summed E-state index contributed by atoms with van der Waals surface area (Å²) in [6.07, 6.45) is 9.18. The van der Waals surface area contributed by atoms with Gasteiger partial charge in [0, 0.05) is 53.4 Å². The summed E-state index contributed by atoms with van der Waals surface area (Å²) < 4.78 is 2.29. The van der Waals surface area contributed by atoms with Crippen LogP contribution in [0.2, 0.25) is 5.02 Å². The number of amides is 1. The van der Waals surface area contributed by atoms with Gasteiger partial charge in [0.05, 0.1) is 28.5 Å². The number of rotatable bonds is 3. The molecule has 4 rings (SSSR count). The number of aryl methyl sites for hydroxylation is 1. The van der Waals surface area contributed by atoms with Crippen LogP contribution in [0.1, 0.15) is 49.8 Å². The number of carbonyl (C=O) groups is 1. The van der Waals surface area contributed by atoms with Crippen LogP contribution in [0.3, 0.4) is 0 Å². The number of carbonyl (C=O) groups excluding carboxylic acids is 1. The topological polar surface area (TPSA) is 96.7 Å². The van der Waals surface area contributed by atoms with Gasteiger partial charge in [-0.3, -0.25) is 9.78 Å². The highest BCUT2D eigenvalue weighted by atomic mass is 35.5. The zero-order valence-corrected chi connectivity index (χ0v) is 17.8. The quantitative estimate of drug-likeness (QED) is 0.638. The van der Waals surface area contributed by atoms with Crippen LogP contribution in [0.15, 0.2) is 30.7 Å². The summed E-state index contributed by atoms with van der Waals surface area (Å²) in [6.45, 7) is 3.52. The maximum atomic E-state index is 11.4. The Kier molecular flexibility index (Phi) is 5.40. The molecule has 7 heteroatoms. The fourth-order valence-electron chi connectivity index (χ4n) is 4.47. The van der Waals surface area contributed by atoms with Crippen LogP contribution in [0.5, 0.6) is 0 Å². The molecule has 0 atom stereocenters. The van der Waals surface area contributed by atoms with Crippen LogP contribution in [-0.4, -0.2) is 21.5 Å². The van der Waals surface area contributed by atoms with Crippen LogP contribution in [0.4, 0.5) is 5.69 Å². The van der Waals surface area contributed by atoms with Gasteiger partial charge in [-0.2, -0.15) is 5.26 Å². The smallest absolute Gasteiger partial charge is 0.217 e. The molecule has 0 radical (unpaired) electrons. The third-order valence-electron chi connectivity index (χ3n) is 5.99. The largest absolute Gasteiger partial charge is 0.396 e. The molecule has 0 bridgehead atoms. The minimum absolute atomic E-state index is 0.0237. The standard InChI is InChI=1S/C23H24ClN5O/c1-13-7-22-18(8-15(13)9-25)20(19-10-27-11-21(26)23(19)24)12-29(22)17-5-3-16(4-6-17)28-14(2)30/h7-8,10-12,16-17H,3-6,26H2,1-2H3,(H,28,30)/t16-,17-. The predicted octanol–water partition coefficient (Wildman–Crippen LogP) is 4.74. The summed E-state index contributed by atoms with van der Waals surface area (Å²) in [5.41, 5.74) is 10.8. The molecule has 3 aromatic rings. The predicted molar refractivity (Wildman–Crippen MR) is 119 cm³/mol. The summed E-state index contributed by atoms with van der Waals surface area (Å²) >= 11 is 6.52. The highest BCUT2D eigenvalue weighted by molar-refractivity contribution is 6.36. The number of hydrogen-bond donors (Lipinski definition) is 2. The van der Waals surface area contributed by atoms with Gasteiger partial charge in [-0.25, -0.2) is 0 Å². The van der Waals surface area contributed by atoms with E-state index in [0.717, 1.165) is 53.3 Å². The average Bonchev–Trinajstić information content (AvgIpc) is 3.07. The zero-order valence-electron chi connectivity index (χ0n) is 17.1. The Labute approximate surface area is 180 Å². The Balaban J connectivity index is 1.81. The lowest BCUT2D eigenvalue weighted by atomic mass is 9.91. The van der Waals surface area contributed by atoms with Gasteiger partial charge in [-0.15, -0.1) is 0 Å². The second-order valence-electron chi connectivity index (χ2n) is 8.04. The van der Waals surface area contributed by atoms with Crippen molar-refractivity contribution in [3.8, 4) is 17.2 Å². The zero-order chi connectivity index (χ0) is 21.4. The van der Waals surface area contributed by atoms with E-state index >= 15 is 0 Å². The van der Waals surface area contributed by atoms with Crippen molar-refractivity contribution in [1.29, 1.82) is 5.26 Å². The molecule has 0 spiro atoms. The number of fused-ring (bicyclic) bond motifs is 1. The Hall–Kier alpha value is -3.04. The molecule has 0 saturated heterocycles. The van der Waals surface area contributed by atoms with Gasteiger partial charge in [0.1, 0.15) is 0 Å². The first-order chi connectivity index (χ1) is 14.4. The number of nitrogens with two attached hydrogens (primary N) is 1. The van der Waals surface area contributed by atoms with E-state index in [9.17, 15) is 10.1 Å². The maximum absolute atomic E-state index is 11.4. The Morgan fingerprint density at radius 1 is 1.27 bits per heavy atom. The number of benzene rings is 1. The number of nitrogens with zero attached hydrogens (tertiary/aromatic N) is 3. The van der Waals surface area contributed by atoms with Crippen molar-refractivity contribution < 1.29 is 4.79 Å². The lowest BCUT2D eigenvalue weighted by Gasteiger charge is -2.30. The van der Waals surface area contributed by atoms with E-state index < -0.39 is 0 Å². The van der Waals surface area contributed by atoms with E-state index in [4.69, 9.17) is 17.3 Å². The number of anilines is 1. The minimum Gasteiger partial charge on any atom is -0.396 e. The molecule has 1 saturated carbocycles. The first-order valence-corrected chi connectivity index (χ1v) is 10.5. The SMILES string of the molecule is CC(=O)N[C@H]1CC[C@H](n2cc(-c3cncc(N)c3Cl)c3cc(C#N)c(C)cc32)CC1. The van der Waals surface area contributed by atoms with Gasteiger partial charge in [0.25, 0.3) is 0 Å². The molecule has 1 aliphatic rings. The number of halogens is 1. The number of aromatic nitrogens is 2. The van der Waals surface area contributed by atoms with Crippen molar-refractivity contribution in [2.45, 2.75) is 51.6 Å². The molecule has 0 aliphatic heterocycles. The monoisotopic (exact) mass is 421 g/mol. The first kappa shape index (κ1) is 20.2. The number of pyridine rings is 1. The van der Waals surface area contributed by atoms with Crippen molar-refractivity contribution in [3.63, 3.8) is 0 Å². The highest BCUT2D eigenvalue weighted by Gasteiger charge is 2.25. The second-order valence-corrected chi connectivity index (χ2v) is 8.42. The normalized spacial score (nSPS) is 18.9. The van der Waals surface area contributed by atoms with E-state index in [-0.39, 0.29) is 11.9 Å². The highest BCUT2D eigenvalue weighted by Crippen LogP contribution is 2.41. The van der Waals surface area contributed by atoms with Crippen LogP contribution < -0.4 is 11.1 Å². The Morgan fingerprint density at radius 2 is 2.00 bits per heavy atom. The number of hydrogen-bond acceptors (Lipinski definition) is 4. The molecule has 1 fully saturated rings. The molecule has 0 unspecified atom stereocenters. The number of nitrogen functional groups attached to an aromatic ring is 1. The van der Waals surface area contributed by atoms with Gasteiger partial charge in [0.2, 0.25) is 5.91 Å². The van der Waals surface area contributed by atoms with Crippen molar-refractivity contribution >= 4 is 34.1 Å². The summed E-state index contributed by atoms with van der Waals surface area (Å²) in [5, 5.41) is 14.0. The molecule has 1 aliphatic carbocycles. The molecule has 154 valence electrons. The number of nitrogens with one attached hydrogen (secondary N) is 1. The molecule has 3 N–H and O–H groups in total. The van der Waals surface area contributed by atoms with Gasteiger partial charge >= 0.3 is 0 Å². The Bertz CT molecular complexity index is 1170. The lowest BCUT2D eigenvalue weighted by Crippen LogP contribution is -2.36. The molecule has 1 aromatic carbocycles. The third kappa shape index (κ3) is 3.61. The molecular weight excluding hydrogens is 398 g/mol. The second kappa shape index (κ2) is 8.00. The summed E-state index contributed by atoms with van der Waals surface area (Å²) in [4.78, 5) is 15.6. The lowest BCUT2D eigenvalue weighted by molar-refractivity contribution is -0.119. The van der Waals surface area contributed by atoms with Crippen LogP contribution in [0, 0.1) is 18.3 Å². The molecule has 1 amide bonds. The van der Waals surface area contributed by atoms with Crippen LogP contribution in [0.25, 0.3) is 22.0 Å². The molecule has 2 aromatic heterocycles. The summed E-state index contributed by atoms with van der Waals surface area (Å²) in [6, 6.07) is 6.83. The van der Waals surface area contributed by atoms with Crippen molar-refractivity contribution in [2.24, 2.45) is 0 Å². The van der Waals surface area contributed by atoms with Crippen LogP contribution >= 0.6 is 11.6 Å². The van der Waals surface area contributed by atoms with E-state index in [2.05, 4.69) is 33.2 Å². The average molecular weight is 422 g/mol. The molecular formula is C23H24ClN5O. The third-order valence-corrected chi connectivity index (χ3v) is 6.42. The van der Waals surface area contributed by atoms with Gasteiger partial charge in [-0.05, 0) is 50.3 Å². The van der Waals surface area contributed by atoms with Crippen molar-refractivity contribution in [1.82, 2.24) is 14.9 Å². The van der Waals surface area contributed by atoms with Gasteiger partial charge in [0.15, 0.2) is 0 Å². The van der Waals surface area contributed by atoms with E-state index in [1.54, 1.807) is 19.3 Å². The fraction of sp³-hybridized carbons (Fsp3) is 0.348.